The molecule has 0 radical (unpaired) electrons. The average molecular weight is 567 g/mol. The molecular formula is C28H31BrN4O4. The summed E-state index contributed by atoms with van der Waals surface area (Å²) in [7, 11) is 0. The number of amides is 3. The van der Waals surface area contributed by atoms with Crippen molar-refractivity contribution < 1.29 is 19.6 Å². The van der Waals surface area contributed by atoms with Gasteiger partial charge in [-0.3, -0.25) is 19.6 Å². The van der Waals surface area contributed by atoms with Gasteiger partial charge in [-0.2, -0.15) is 0 Å². The van der Waals surface area contributed by atoms with Gasteiger partial charge in [-0.15, -0.1) is 0 Å². The van der Waals surface area contributed by atoms with Crippen LogP contribution in [-0.2, 0) is 20.8 Å². The zero-order chi connectivity index (χ0) is 25.9. The van der Waals surface area contributed by atoms with E-state index in [1.54, 1.807) is 15.3 Å². The summed E-state index contributed by atoms with van der Waals surface area (Å²) in [5, 5.41) is 9.67. The van der Waals surface area contributed by atoms with Crippen molar-refractivity contribution in [1.82, 2.24) is 20.3 Å². The number of unbranched alkanes of at least 4 members (excludes halogenated alkanes) is 4. The van der Waals surface area contributed by atoms with Crippen molar-refractivity contribution in [3.63, 3.8) is 0 Å². The highest BCUT2D eigenvalue weighted by Crippen LogP contribution is 2.42. The van der Waals surface area contributed by atoms with Crippen LogP contribution < -0.4 is 5.48 Å². The monoisotopic (exact) mass is 566 g/mol. The Balaban J connectivity index is 1.34. The fourth-order valence-electron chi connectivity index (χ4n) is 5.68. The lowest BCUT2D eigenvalue weighted by molar-refractivity contribution is -0.158. The molecule has 5 rings (SSSR count). The van der Waals surface area contributed by atoms with Crippen molar-refractivity contribution in [3.05, 3.63) is 69.8 Å². The van der Waals surface area contributed by atoms with Crippen LogP contribution in [0.25, 0.3) is 10.9 Å². The molecule has 9 heteroatoms. The average Bonchev–Trinajstić information content (AvgIpc) is 3.28. The summed E-state index contributed by atoms with van der Waals surface area (Å²) in [6, 6.07) is 15.2. The van der Waals surface area contributed by atoms with Crippen LogP contribution in [0, 0.1) is 0 Å². The Hall–Kier alpha value is -3.17. The molecule has 0 bridgehead atoms. The van der Waals surface area contributed by atoms with Gasteiger partial charge in [-0.25, -0.2) is 5.48 Å². The fourth-order valence-corrected chi connectivity index (χ4v) is 5.94. The van der Waals surface area contributed by atoms with Gasteiger partial charge >= 0.3 is 0 Å². The first-order valence-electron chi connectivity index (χ1n) is 12.9. The number of fused-ring (bicyclic) bond motifs is 4. The molecule has 8 nitrogen and oxygen atoms in total. The molecule has 0 aliphatic carbocycles. The summed E-state index contributed by atoms with van der Waals surface area (Å²) in [5.41, 5.74) is 5.74. The Morgan fingerprint density at radius 3 is 2.54 bits per heavy atom. The van der Waals surface area contributed by atoms with Crippen LogP contribution in [0.4, 0.5) is 0 Å². The molecule has 3 amide bonds. The highest BCUT2D eigenvalue weighted by molar-refractivity contribution is 9.10. The SMILES string of the molecule is O=C(CCCCCCCN1CC(=O)N2[C@@H](c3ccc(Br)cc3)c3[nH]c4ccccc4c3C[C@H]2C1=O)NO. The summed E-state index contributed by atoms with van der Waals surface area (Å²) in [4.78, 5) is 45.5. The van der Waals surface area contributed by atoms with Crippen molar-refractivity contribution in [2.24, 2.45) is 0 Å². The smallest absolute Gasteiger partial charge is 0.246 e. The van der Waals surface area contributed by atoms with E-state index in [1.165, 1.54) is 0 Å². The second kappa shape index (κ2) is 11.1. The number of nitrogens with one attached hydrogen (secondary N) is 2. The minimum Gasteiger partial charge on any atom is -0.356 e. The minimum atomic E-state index is -0.529. The number of para-hydroxylation sites is 1. The third-order valence-corrected chi connectivity index (χ3v) is 8.01. The van der Waals surface area contributed by atoms with E-state index in [0.717, 1.165) is 64.3 Å². The molecule has 0 saturated carbocycles. The quantitative estimate of drug-likeness (QED) is 0.202. The Bertz CT molecular complexity index is 1310. The fraction of sp³-hybridized carbons (Fsp3) is 0.393. The number of aromatic nitrogens is 1. The van der Waals surface area contributed by atoms with Crippen molar-refractivity contribution >= 4 is 44.6 Å². The number of carbonyl (C=O) groups is 3. The van der Waals surface area contributed by atoms with Crippen molar-refractivity contribution in [2.45, 2.75) is 57.0 Å². The zero-order valence-corrected chi connectivity index (χ0v) is 22.2. The molecule has 3 heterocycles. The van der Waals surface area contributed by atoms with E-state index in [-0.39, 0.29) is 30.3 Å². The zero-order valence-electron chi connectivity index (χ0n) is 20.6. The van der Waals surface area contributed by atoms with Gasteiger partial charge in [0.25, 0.3) is 0 Å². The maximum Gasteiger partial charge on any atom is 0.246 e. The number of benzene rings is 2. The number of hydroxylamine groups is 1. The molecule has 3 aromatic rings. The summed E-state index contributed by atoms with van der Waals surface area (Å²) >= 11 is 3.50. The van der Waals surface area contributed by atoms with Crippen molar-refractivity contribution in [1.29, 1.82) is 0 Å². The van der Waals surface area contributed by atoms with Gasteiger partial charge < -0.3 is 14.8 Å². The molecule has 0 unspecified atom stereocenters. The van der Waals surface area contributed by atoms with Crippen LogP contribution in [0.3, 0.4) is 0 Å². The summed E-state index contributed by atoms with van der Waals surface area (Å²) < 4.78 is 0.962. The van der Waals surface area contributed by atoms with Gasteiger partial charge in [0, 0.05) is 40.5 Å². The van der Waals surface area contributed by atoms with Crippen LogP contribution in [-0.4, -0.2) is 56.8 Å². The van der Waals surface area contributed by atoms with E-state index in [9.17, 15) is 14.4 Å². The van der Waals surface area contributed by atoms with Gasteiger partial charge in [-0.05, 0) is 42.2 Å². The normalized spacial score (nSPS) is 19.2. The van der Waals surface area contributed by atoms with Crippen LogP contribution >= 0.6 is 15.9 Å². The molecular weight excluding hydrogens is 536 g/mol. The Labute approximate surface area is 224 Å². The first-order valence-corrected chi connectivity index (χ1v) is 13.6. The lowest BCUT2D eigenvalue weighted by Crippen LogP contribution is -2.63. The molecule has 0 spiro atoms. The molecule has 1 aromatic heterocycles. The number of carbonyl (C=O) groups excluding carboxylic acids is 3. The third kappa shape index (κ3) is 5.15. The molecule has 2 aromatic carbocycles. The van der Waals surface area contributed by atoms with Crippen molar-refractivity contribution in [2.75, 3.05) is 13.1 Å². The molecule has 194 valence electrons. The maximum atomic E-state index is 13.7. The largest absolute Gasteiger partial charge is 0.356 e. The van der Waals surface area contributed by atoms with Crippen molar-refractivity contribution in [3.8, 4) is 0 Å². The Morgan fingerprint density at radius 1 is 1.03 bits per heavy atom. The van der Waals surface area contributed by atoms with E-state index >= 15 is 0 Å². The van der Waals surface area contributed by atoms with Gasteiger partial charge in [0.2, 0.25) is 17.7 Å². The first-order chi connectivity index (χ1) is 18.0. The highest BCUT2D eigenvalue weighted by Gasteiger charge is 2.48. The molecule has 2 atom stereocenters. The summed E-state index contributed by atoms with van der Waals surface area (Å²) in [6.45, 7) is 0.643. The number of rotatable bonds is 9. The van der Waals surface area contributed by atoms with Gasteiger partial charge in [0.05, 0.1) is 12.6 Å². The number of piperazine rings is 1. The first kappa shape index (κ1) is 25.5. The molecule has 37 heavy (non-hydrogen) atoms. The number of nitrogens with zero attached hydrogens (tertiary/aromatic N) is 2. The van der Waals surface area contributed by atoms with Gasteiger partial charge in [0.1, 0.15) is 6.04 Å². The molecule has 2 aliphatic heterocycles. The lowest BCUT2D eigenvalue weighted by atomic mass is 9.86. The van der Waals surface area contributed by atoms with Crippen LogP contribution in [0.15, 0.2) is 53.0 Å². The van der Waals surface area contributed by atoms with E-state index in [4.69, 9.17) is 5.21 Å². The second-order valence-electron chi connectivity index (χ2n) is 9.85. The number of hydrogen-bond donors (Lipinski definition) is 3. The van der Waals surface area contributed by atoms with Crippen LogP contribution in [0.2, 0.25) is 0 Å². The molecule has 1 fully saturated rings. The third-order valence-electron chi connectivity index (χ3n) is 7.48. The standard InChI is InChI=1S/C28H31BrN4O4/c29-19-13-11-18(12-14-19)27-26-21(20-8-5-6-9-22(20)30-26)16-23-28(36)32(17-25(35)33(23)27)15-7-3-1-2-4-10-24(34)31-37/h5-6,8-9,11-14,23,27,30,37H,1-4,7,10,15-17H2,(H,31,34)/t23-,27-/m0/s1. The number of H-pyrrole nitrogens is 1. The van der Waals surface area contributed by atoms with E-state index in [0.29, 0.717) is 19.4 Å². The minimum absolute atomic E-state index is 0.0114. The summed E-state index contributed by atoms with van der Waals surface area (Å²) in [6.07, 6.45) is 5.08. The van der Waals surface area contributed by atoms with Crippen LogP contribution in [0.1, 0.15) is 61.4 Å². The number of hydrogen-bond acceptors (Lipinski definition) is 4. The van der Waals surface area contributed by atoms with Gasteiger partial charge in [0.15, 0.2) is 0 Å². The van der Waals surface area contributed by atoms with Gasteiger partial charge in [-0.1, -0.05) is 65.5 Å². The Kier molecular flexibility index (Phi) is 7.62. The predicted octanol–water partition coefficient (Wildman–Crippen LogP) is 4.46. The molecule has 1 saturated heterocycles. The van der Waals surface area contributed by atoms with E-state index < -0.39 is 6.04 Å². The topological polar surface area (TPSA) is 106 Å². The number of halogens is 1. The predicted molar refractivity (Wildman–Crippen MR) is 143 cm³/mol. The molecule has 3 N–H and O–H groups in total. The molecule has 2 aliphatic rings. The highest BCUT2D eigenvalue weighted by atomic mass is 79.9. The van der Waals surface area contributed by atoms with E-state index in [2.05, 4.69) is 27.0 Å². The maximum absolute atomic E-state index is 13.7. The number of aromatic amines is 1. The van der Waals surface area contributed by atoms with E-state index in [1.807, 2.05) is 42.5 Å². The van der Waals surface area contributed by atoms with Crippen LogP contribution in [0.5, 0.6) is 0 Å². The lowest BCUT2D eigenvalue weighted by Gasteiger charge is -2.47. The Morgan fingerprint density at radius 2 is 1.76 bits per heavy atom. The summed E-state index contributed by atoms with van der Waals surface area (Å²) in [5.74, 6) is -0.386. The second-order valence-corrected chi connectivity index (χ2v) is 10.8.